The van der Waals surface area contributed by atoms with E-state index in [4.69, 9.17) is 0 Å². The summed E-state index contributed by atoms with van der Waals surface area (Å²) in [6.45, 7) is 7.75. The zero-order valence-electron chi connectivity index (χ0n) is 16.5. The molecule has 3 rings (SSSR count). The van der Waals surface area contributed by atoms with Crippen LogP contribution in [0.2, 0.25) is 0 Å². The Kier molecular flexibility index (Phi) is 8.97. The Morgan fingerprint density at radius 1 is 1.29 bits per heavy atom. The lowest BCUT2D eigenvalue weighted by molar-refractivity contribution is 0.0655. The maximum atomic E-state index is 10.7. The fraction of sp³-hybridized carbons (Fsp3) is 0.500. The highest BCUT2D eigenvalue weighted by atomic mass is 127. The van der Waals surface area contributed by atoms with Crippen LogP contribution in [0.5, 0.6) is 0 Å². The summed E-state index contributed by atoms with van der Waals surface area (Å²) in [5.41, 5.74) is 0.142. The van der Waals surface area contributed by atoms with Crippen molar-refractivity contribution in [1.82, 2.24) is 15.6 Å². The minimum atomic E-state index is -0.927. The predicted octanol–water partition coefficient (Wildman–Crippen LogP) is 3.32. The number of hydrogen-bond acceptors (Lipinski definition) is 5. The Bertz CT molecular complexity index is 728. The van der Waals surface area contributed by atoms with Crippen LogP contribution in [-0.2, 0) is 12.1 Å². The number of halogens is 1. The highest BCUT2D eigenvalue weighted by molar-refractivity contribution is 14.0. The molecule has 2 aromatic heterocycles. The maximum absolute atomic E-state index is 10.7. The van der Waals surface area contributed by atoms with Crippen molar-refractivity contribution >= 4 is 47.1 Å². The van der Waals surface area contributed by atoms with Crippen LogP contribution in [0.1, 0.15) is 37.1 Å². The van der Waals surface area contributed by atoms with E-state index in [1.807, 2.05) is 37.6 Å². The molecule has 0 aliphatic carbocycles. The lowest BCUT2D eigenvalue weighted by atomic mass is 10.1. The van der Waals surface area contributed by atoms with Crippen LogP contribution in [0.15, 0.2) is 40.8 Å². The Balaban J connectivity index is 0.00000280. The number of nitrogens with one attached hydrogen (secondary N) is 2. The molecule has 2 aromatic rings. The van der Waals surface area contributed by atoms with Crippen molar-refractivity contribution in [2.24, 2.45) is 4.99 Å². The molecule has 3 N–H and O–H groups in total. The zero-order valence-corrected chi connectivity index (χ0v) is 19.7. The quantitative estimate of drug-likeness (QED) is 0.300. The molecule has 1 fully saturated rings. The fourth-order valence-electron chi connectivity index (χ4n) is 3.08. The summed E-state index contributed by atoms with van der Waals surface area (Å²) in [6.07, 6.45) is 4.41. The van der Waals surface area contributed by atoms with E-state index in [1.165, 1.54) is 12.8 Å². The number of aliphatic hydroxyl groups is 1. The van der Waals surface area contributed by atoms with Crippen LogP contribution in [0.3, 0.4) is 0 Å². The zero-order chi connectivity index (χ0) is 19.1. The molecule has 1 saturated heterocycles. The molecule has 8 heteroatoms. The van der Waals surface area contributed by atoms with Crippen molar-refractivity contribution in [3.63, 3.8) is 0 Å². The van der Waals surface area contributed by atoms with E-state index >= 15 is 0 Å². The average molecular weight is 515 g/mol. The summed E-state index contributed by atoms with van der Waals surface area (Å²) < 4.78 is 0. The summed E-state index contributed by atoms with van der Waals surface area (Å²) in [5, 5.41) is 19.1. The van der Waals surface area contributed by atoms with E-state index in [1.54, 1.807) is 11.3 Å². The number of nitrogens with zero attached hydrogens (tertiary/aromatic N) is 3. The molecular formula is C20H30IN5OS. The molecular weight excluding hydrogens is 485 g/mol. The molecule has 1 atom stereocenters. The molecule has 6 nitrogen and oxygen atoms in total. The molecule has 0 bridgehead atoms. The van der Waals surface area contributed by atoms with Gasteiger partial charge in [0.15, 0.2) is 5.96 Å². The van der Waals surface area contributed by atoms with E-state index in [-0.39, 0.29) is 24.0 Å². The first-order valence-electron chi connectivity index (χ1n) is 9.57. The molecule has 0 radical (unpaired) electrons. The Labute approximate surface area is 188 Å². The highest BCUT2D eigenvalue weighted by Crippen LogP contribution is 2.24. The first-order chi connectivity index (χ1) is 13.1. The Hall–Kier alpha value is -1.39. The molecule has 1 unspecified atom stereocenters. The van der Waals surface area contributed by atoms with Gasteiger partial charge in [-0.05, 0) is 49.8 Å². The van der Waals surface area contributed by atoms with E-state index < -0.39 is 5.60 Å². The number of pyridine rings is 1. The van der Waals surface area contributed by atoms with Gasteiger partial charge in [0.1, 0.15) is 11.4 Å². The monoisotopic (exact) mass is 515 g/mol. The number of hydrogen-bond donors (Lipinski definition) is 3. The smallest absolute Gasteiger partial charge is 0.191 e. The second kappa shape index (κ2) is 11.0. The molecule has 154 valence electrons. The van der Waals surface area contributed by atoms with Gasteiger partial charge in [-0.2, -0.15) is 0 Å². The fourth-order valence-corrected chi connectivity index (χ4v) is 3.87. The lowest BCUT2D eigenvalue weighted by Crippen LogP contribution is -2.44. The predicted molar refractivity (Wildman–Crippen MR) is 128 cm³/mol. The van der Waals surface area contributed by atoms with Gasteiger partial charge in [0.2, 0.25) is 0 Å². The van der Waals surface area contributed by atoms with Crippen molar-refractivity contribution in [3.05, 3.63) is 46.3 Å². The van der Waals surface area contributed by atoms with Crippen molar-refractivity contribution in [2.45, 2.75) is 38.8 Å². The van der Waals surface area contributed by atoms with Gasteiger partial charge in [0.25, 0.3) is 0 Å². The summed E-state index contributed by atoms with van der Waals surface area (Å²) in [7, 11) is 0. The third-order valence-electron chi connectivity index (χ3n) is 4.66. The standard InChI is InChI=1S/C20H29N5OS.HI/c1-3-21-19(24-15-20(2,26)17-7-6-12-27-17)23-14-16-8-9-18(22-13-16)25-10-4-5-11-25;/h6-9,12-13,26H,3-5,10-11,14-15H2,1-2H3,(H2,21,23,24);1H. The molecule has 0 amide bonds. The normalized spacial score (nSPS) is 16.4. The number of rotatable bonds is 7. The van der Waals surface area contributed by atoms with E-state index in [9.17, 15) is 5.11 Å². The summed E-state index contributed by atoms with van der Waals surface area (Å²) in [4.78, 5) is 12.5. The van der Waals surface area contributed by atoms with Crippen LogP contribution in [0.25, 0.3) is 0 Å². The third kappa shape index (κ3) is 6.31. The van der Waals surface area contributed by atoms with E-state index in [0.717, 1.165) is 35.9 Å². The van der Waals surface area contributed by atoms with Gasteiger partial charge in [-0.1, -0.05) is 12.1 Å². The van der Waals surface area contributed by atoms with Crippen molar-refractivity contribution in [3.8, 4) is 0 Å². The summed E-state index contributed by atoms with van der Waals surface area (Å²) in [6, 6.07) is 8.07. The topological polar surface area (TPSA) is 72.8 Å². The number of guanidine groups is 1. The number of anilines is 1. The Morgan fingerprint density at radius 2 is 2.07 bits per heavy atom. The van der Waals surface area contributed by atoms with E-state index in [0.29, 0.717) is 19.0 Å². The molecule has 28 heavy (non-hydrogen) atoms. The lowest BCUT2D eigenvalue weighted by Gasteiger charge is -2.23. The summed E-state index contributed by atoms with van der Waals surface area (Å²) >= 11 is 1.55. The van der Waals surface area contributed by atoms with Gasteiger partial charge in [-0.3, -0.25) is 0 Å². The second-order valence-corrected chi connectivity index (χ2v) is 7.97. The van der Waals surface area contributed by atoms with Crippen LogP contribution < -0.4 is 15.5 Å². The van der Waals surface area contributed by atoms with Crippen LogP contribution >= 0.6 is 35.3 Å². The molecule has 1 aliphatic heterocycles. The molecule has 3 heterocycles. The van der Waals surface area contributed by atoms with Crippen molar-refractivity contribution in [1.29, 1.82) is 0 Å². The third-order valence-corrected chi connectivity index (χ3v) is 5.78. The summed E-state index contributed by atoms with van der Waals surface area (Å²) in [5.74, 6) is 1.75. The van der Waals surface area contributed by atoms with Crippen LogP contribution in [0, 0.1) is 0 Å². The molecule has 0 spiro atoms. The number of aromatic nitrogens is 1. The average Bonchev–Trinajstić information content (AvgIpc) is 3.39. The van der Waals surface area contributed by atoms with Crippen molar-refractivity contribution in [2.75, 3.05) is 31.1 Å². The number of aliphatic imine (C=N–C) groups is 1. The van der Waals surface area contributed by atoms with Gasteiger partial charge in [0.05, 0.1) is 13.1 Å². The SMILES string of the molecule is CCNC(=NCc1ccc(N2CCCC2)nc1)NCC(C)(O)c1cccs1.I. The first kappa shape index (κ1) is 22.9. The molecule has 0 aromatic carbocycles. The largest absolute Gasteiger partial charge is 0.383 e. The van der Waals surface area contributed by atoms with Gasteiger partial charge < -0.3 is 20.6 Å². The van der Waals surface area contributed by atoms with Crippen LogP contribution in [0.4, 0.5) is 5.82 Å². The number of thiophene rings is 1. The minimum absolute atomic E-state index is 0. The second-order valence-electron chi connectivity index (χ2n) is 7.02. The van der Waals surface area contributed by atoms with Gasteiger partial charge in [0, 0.05) is 30.7 Å². The molecule has 1 aliphatic rings. The van der Waals surface area contributed by atoms with Gasteiger partial charge >= 0.3 is 0 Å². The van der Waals surface area contributed by atoms with Gasteiger partial charge in [-0.15, -0.1) is 35.3 Å². The molecule has 0 saturated carbocycles. The Morgan fingerprint density at radius 3 is 2.68 bits per heavy atom. The van der Waals surface area contributed by atoms with Crippen LogP contribution in [-0.4, -0.2) is 42.2 Å². The van der Waals surface area contributed by atoms with E-state index in [2.05, 4.69) is 37.6 Å². The first-order valence-corrected chi connectivity index (χ1v) is 10.4. The van der Waals surface area contributed by atoms with Gasteiger partial charge in [-0.25, -0.2) is 9.98 Å². The maximum Gasteiger partial charge on any atom is 0.191 e. The van der Waals surface area contributed by atoms with Crippen molar-refractivity contribution < 1.29 is 5.11 Å². The minimum Gasteiger partial charge on any atom is -0.383 e. The highest BCUT2D eigenvalue weighted by Gasteiger charge is 2.24.